The molecule has 2 aromatic carbocycles. The van der Waals surface area contributed by atoms with Crippen molar-refractivity contribution in [2.24, 2.45) is 0 Å². The van der Waals surface area contributed by atoms with Gasteiger partial charge < -0.3 is 19.3 Å². The van der Waals surface area contributed by atoms with Crippen LogP contribution in [0.15, 0.2) is 67.0 Å². The monoisotopic (exact) mass is 418 g/mol. The molecule has 1 saturated heterocycles. The summed E-state index contributed by atoms with van der Waals surface area (Å²) >= 11 is 0. The number of hydrogen-bond acceptors (Lipinski definition) is 6. The second-order valence-corrected chi connectivity index (χ2v) is 7.65. The molecule has 2 heterocycles. The summed E-state index contributed by atoms with van der Waals surface area (Å²) in [6.07, 6.45) is 4.89. The number of para-hydroxylation sites is 1. The first-order chi connectivity index (χ1) is 15.1. The minimum Gasteiger partial charge on any atom is -0.470 e. The molecule has 31 heavy (non-hydrogen) atoms. The highest BCUT2D eigenvalue weighted by atomic mass is 16.5. The number of rotatable bonds is 6. The lowest BCUT2D eigenvalue weighted by Crippen LogP contribution is -2.44. The van der Waals surface area contributed by atoms with Gasteiger partial charge in [-0.1, -0.05) is 18.2 Å². The molecule has 0 spiro atoms. The molecule has 4 rings (SSSR count). The van der Waals surface area contributed by atoms with E-state index in [-0.39, 0.29) is 12.0 Å². The summed E-state index contributed by atoms with van der Waals surface area (Å²) in [6.45, 7) is 1.23. The second-order valence-electron chi connectivity index (χ2n) is 7.65. The Morgan fingerprint density at radius 1 is 1.00 bits per heavy atom. The molecule has 1 aliphatic heterocycles. The highest BCUT2D eigenvalue weighted by Crippen LogP contribution is 2.25. The smallest absolute Gasteiger partial charge is 0.257 e. The van der Waals surface area contributed by atoms with Gasteiger partial charge in [0.05, 0.1) is 6.54 Å². The fourth-order valence-corrected chi connectivity index (χ4v) is 3.56. The number of benzene rings is 2. The largest absolute Gasteiger partial charge is 0.470 e. The molecular formula is C24H26N4O3. The predicted molar refractivity (Wildman–Crippen MR) is 119 cm³/mol. The van der Waals surface area contributed by atoms with Crippen molar-refractivity contribution in [1.29, 1.82) is 0 Å². The molecule has 0 radical (unpaired) electrons. The molecule has 3 aromatic rings. The van der Waals surface area contributed by atoms with Crippen LogP contribution in [0.5, 0.6) is 17.4 Å². The van der Waals surface area contributed by atoms with Crippen molar-refractivity contribution in [1.82, 2.24) is 14.9 Å². The van der Waals surface area contributed by atoms with Gasteiger partial charge in [0, 0.05) is 38.6 Å². The molecule has 1 atom stereocenters. The Morgan fingerprint density at radius 3 is 2.45 bits per heavy atom. The maximum absolute atomic E-state index is 13.0. The summed E-state index contributed by atoms with van der Waals surface area (Å²) in [4.78, 5) is 25.4. The van der Waals surface area contributed by atoms with Gasteiger partial charge in [0.25, 0.3) is 11.8 Å². The SMILES string of the molecule is CN(C)c1nccnc1OC1CCCN(C(=O)c2ccc(Oc3ccccc3)cc2)C1. The van der Waals surface area contributed by atoms with Crippen molar-refractivity contribution in [3.8, 4) is 17.4 Å². The van der Waals surface area contributed by atoms with E-state index in [0.717, 1.165) is 18.6 Å². The van der Waals surface area contributed by atoms with Crippen LogP contribution in [0.4, 0.5) is 5.82 Å². The van der Waals surface area contributed by atoms with Gasteiger partial charge in [0.1, 0.15) is 17.6 Å². The molecule has 1 aliphatic rings. The molecule has 1 fully saturated rings. The molecule has 0 bridgehead atoms. The summed E-state index contributed by atoms with van der Waals surface area (Å²) in [5.41, 5.74) is 0.634. The first-order valence-electron chi connectivity index (χ1n) is 10.4. The number of aromatic nitrogens is 2. The molecule has 0 saturated carbocycles. The topological polar surface area (TPSA) is 67.8 Å². The summed E-state index contributed by atoms with van der Waals surface area (Å²) < 4.78 is 11.9. The average Bonchev–Trinajstić information content (AvgIpc) is 2.80. The number of hydrogen-bond donors (Lipinski definition) is 0. The Bertz CT molecular complexity index is 1010. The number of amides is 1. The van der Waals surface area contributed by atoms with E-state index in [1.54, 1.807) is 24.5 Å². The van der Waals surface area contributed by atoms with Gasteiger partial charge in [-0.05, 0) is 49.2 Å². The number of anilines is 1. The first kappa shape index (κ1) is 20.7. The third kappa shape index (κ3) is 5.12. The number of carbonyl (C=O) groups is 1. The van der Waals surface area contributed by atoms with Crippen molar-refractivity contribution < 1.29 is 14.3 Å². The van der Waals surface area contributed by atoms with Crippen LogP contribution in [0, 0.1) is 0 Å². The van der Waals surface area contributed by atoms with Gasteiger partial charge in [-0.25, -0.2) is 9.97 Å². The quantitative estimate of drug-likeness (QED) is 0.602. The Morgan fingerprint density at radius 2 is 1.71 bits per heavy atom. The van der Waals surface area contributed by atoms with Crippen LogP contribution >= 0.6 is 0 Å². The van der Waals surface area contributed by atoms with Gasteiger partial charge in [0.15, 0.2) is 5.82 Å². The summed E-state index contributed by atoms with van der Waals surface area (Å²) in [5, 5.41) is 0. The first-order valence-corrected chi connectivity index (χ1v) is 10.4. The Balaban J connectivity index is 1.40. The Labute approximate surface area is 182 Å². The zero-order valence-corrected chi connectivity index (χ0v) is 17.8. The van der Waals surface area contributed by atoms with Crippen LogP contribution in [-0.4, -0.2) is 54.1 Å². The summed E-state index contributed by atoms with van der Waals surface area (Å²) in [7, 11) is 3.80. The maximum Gasteiger partial charge on any atom is 0.257 e. The second kappa shape index (κ2) is 9.47. The maximum atomic E-state index is 13.0. The minimum absolute atomic E-state index is 0.00783. The highest BCUT2D eigenvalue weighted by molar-refractivity contribution is 5.94. The van der Waals surface area contributed by atoms with Gasteiger partial charge >= 0.3 is 0 Å². The molecule has 1 aromatic heterocycles. The summed E-state index contributed by atoms with van der Waals surface area (Å²) in [5.74, 6) is 2.63. The van der Waals surface area contributed by atoms with Crippen molar-refractivity contribution in [2.45, 2.75) is 18.9 Å². The van der Waals surface area contributed by atoms with Gasteiger partial charge in [-0.2, -0.15) is 0 Å². The van der Waals surface area contributed by atoms with E-state index in [2.05, 4.69) is 9.97 Å². The van der Waals surface area contributed by atoms with Crippen molar-refractivity contribution >= 4 is 11.7 Å². The molecule has 7 heteroatoms. The lowest BCUT2D eigenvalue weighted by atomic mass is 10.1. The Hall–Kier alpha value is -3.61. The summed E-state index contributed by atoms with van der Waals surface area (Å²) in [6, 6.07) is 16.8. The van der Waals surface area contributed by atoms with Crippen LogP contribution in [-0.2, 0) is 0 Å². The molecule has 0 N–H and O–H groups in total. The predicted octanol–water partition coefficient (Wildman–Crippen LogP) is 4.02. The van der Waals surface area contributed by atoms with Gasteiger partial charge in [-0.15, -0.1) is 0 Å². The van der Waals surface area contributed by atoms with Crippen LogP contribution in [0.25, 0.3) is 0 Å². The molecule has 7 nitrogen and oxygen atoms in total. The number of likely N-dealkylation sites (tertiary alicyclic amines) is 1. The standard InChI is InChI=1S/C24H26N4O3/c1-27(2)22-23(26-15-14-25-22)31-21-9-6-16-28(17-21)24(29)18-10-12-20(13-11-18)30-19-7-4-3-5-8-19/h3-5,7-8,10-15,21H,6,9,16-17H2,1-2H3. The van der Waals surface area contributed by atoms with E-state index >= 15 is 0 Å². The lowest BCUT2D eigenvalue weighted by molar-refractivity contribution is 0.0528. The van der Waals surface area contributed by atoms with Gasteiger partial charge in [-0.3, -0.25) is 4.79 Å². The number of piperidine rings is 1. The van der Waals surface area contributed by atoms with E-state index in [9.17, 15) is 4.79 Å². The number of ether oxygens (including phenoxy) is 2. The van der Waals surface area contributed by atoms with Crippen molar-refractivity contribution in [3.05, 3.63) is 72.6 Å². The average molecular weight is 418 g/mol. The van der Waals surface area contributed by atoms with Gasteiger partial charge in [0.2, 0.25) is 0 Å². The van der Waals surface area contributed by atoms with Crippen molar-refractivity contribution in [2.75, 3.05) is 32.1 Å². The lowest BCUT2D eigenvalue weighted by Gasteiger charge is -2.33. The van der Waals surface area contributed by atoms with Crippen molar-refractivity contribution in [3.63, 3.8) is 0 Å². The molecule has 1 unspecified atom stereocenters. The zero-order chi connectivity index (χ0) is 21.6. The zero-order valence-electron chi connectivity index (χ0n) is 17.8. The number of carbonyl (C=O) groups excluding carboxylic acids is 1. The molecule has 0 aliphatic carbocycles. The highest BCUT2D eigenvalue weighted by Gasteiger charge is 2.27. The van der Waals surface area contributed by atoms with E-state index < -0.39 is 0 Å². The van der Waals surface area contributed by atoms with E-state index in [1.165, 1.54) is 0 Å². The van der Waals surface area contributed by atoms with E-state index in [1.807, 2.05) is 66.4 Å². The third-order valence-corrected chi connectivity index (χ3v) is 5.09. The molecule has 1 amide bonds. The fraction of sp³-hybridized carbons (Fsp3) is 0.292. The van der Waals surface area contributed by atoms with E-state index in [4.69, 9.17) is 9.47 Å². The third-order valence-electron chi connectivity index (χ3n) is 5.09. The van der Waals surface area contributed by atoms with Crippen LogP contribution in [0.2, 0.25) is 0 Å². The van der Waals surface area contributed by atoms with Crippen LogP contribution in [0.3, 0.4) is 0 Å². The van der Waals surface area contributed by atoms with Crippen LogP contribution < -0.4 is 14.4 Å². The molecular weight excluding hydrogens is 392 g/mol. The number of nitrogens with zero attached hydrogens (tertiary/aromatic N) is 4. The molecule has 160 valence electrons. The fourth-order valence-electron chi connectivity index (χ4n) is 3.56. The van der Waals surface area contributed by atoms with Crippen LogP contribution in [0.1, 0.15) is 23.2 Å². The Kier molecular flexibility index (Phi) is 6.31. The minimum atomic E-state index is -0.117. The normalized spacial score (nSPS) is 15.9. The van der Waals surface area contributed by atoms with E-state index in [0.29, 0.717) is 36.1 Å².